The molecule has 1 fully saturated rings. The lowest BCUT2D eigenvalue weighted by molar-refractivity contribution is -0.133. The Labute approximate surface area is 205 Å². The van der Waals surface area contributed by atoms with Crippen molar-refractivity contribution in [2.24, 2.45) is 11.8 Å². The summed E-state index contributed by atoms with van der Waals surface area (Å²) in [6, 6.07) is -1.61. The SMILES string of the molecule is CCCCCC(=O)N[C@@H](C(=O)N[C@@H](CCCC)C(=O)NC(C)C[C@H](C)C(=O)[C@@]1(C)CO1)C(C)C. The Hall–Kier alpha value is -1.96. The molecule has 0 spiro atoms. The van der Waals surface area contributed by atoms with Crippen LogP contribution >= 0.6 is 0 Å². The number of carbonyl (C=O) groups excluding carboxylic acids is 4. The van der Waals surface area contributed by atoms with Crippen LogP contribution in [-0.2, 0) is 23.9 Å². The zero-order valence-electron chi connectivity index (χ0n) is 22.3. The summed E-state index contributed by atoms with van der Waals surface area (Å²) in [5.74, 6) is -1.04. The fourth-order valence-corrected chi connectivity index (χ4v) is 4.07. The van der Waals surface area contributed by atoms with Gasteiger partial charge in [-0.2, -0.15) is 0 Å². The van der Waals surface area contributed by atoms with Gasteiger partial charge in [0.15, 0.2) is 5.78 Å². The first-order valence-corrected chi connectivity index (χ1v) is 13.0. The monoisotopic (exact) mass is 481 g/mol. The van der Waals surface area contributed by atoms with Crippen molar-refractivity contribution < 1.29 is 23.9 Å². The molecule has 3 N–H and O–H groups in total. The number of epoxide rings is 1. The highest BCUT2D eigenvalue weighted by Crippen LogP contribution is 2.31. The molecule has 0 bridgehead atoms. The van der Waals surface area contributed by atoms with E-state index in [1.807, 2.05) is 34.6 Å². The maximum Gasteiger partial charge on any atom is 0.243 e. The van der Waals surface area contributed by atoms with Crippen LogP contribution in [0, 0.1) is 11.8 Å². The summed E-state index contributed by atoms with van der Waals surface area (Å²) >= 11 is 0. The Morgan fingerprint density at radius 1 is 0.882 bits per heavy atom. The van der Waals surface area contributed by atoms with Crippen LogP contribution in [0.5, 0.6) is 0 Å². The first-order chi connectivity index (χ1) is 15.9. The standard InChI is InChI=1S/C26H47N3O5/c1-8-10-12-14-21(30)29-22(17(3)4)25(33)28-20(13-11-9-2)24(32)27-19(6)15-18(5)23(31)26(7)16-34-26/h17-20,22H,8-16H2,1-7H3,(H,27,32)(H,28,33)(H,29,30)/t18-,19?,20-,22+,26+/m0/s1. The van der Waals surface area contributed by atoms with Gasteiger partial charge in [-0.15, -0.1) is 0 Å². The summed E-state index contributed by atoms with van der Waals surface area (Å²) < 4.78 is 5.25. The number of ether oxygens (including phenoxy) is 1. The second-order valence-corrected chi connectivity index (χ2v) is 10.4. The molecule has 1 heterocycles. The predicted molar refractivity (Wildman–Crippen MR) is 133 cm³/mol. The van der Waals surface area contributed by atoms with E-state index in [4.69, 9.17) is 4.74 Å². The Morgan fingerprint density at radius 3 is 2.03 bits per heavy atom. The van der Waals surface area contributed by atoms with Gasteiger partial charge in [0.2, 0.25) is 17.7 Å². The molecule has 1 rings (SSSR count). The molecule has 8 heteroatoms. The smallest absolute Gasteiger partial charge is 0.243 e. The maximum atomic E-state index is 13.0. The lowest BCUT2D eigenvalue weighted by Gasteiger charge is -2.27. The molecule has 1 aliphatic heterocycles. The highest BCUT2D eigenvalue weighted by molar-refractivity contribution is 5.93. The fraction of sp³-hybridized carbons (Fsp3) is 0.846. The van der Waals surface area contributed by atoms with Crippen molar-refractivity contribution in [1.29, 1.82) is 0 Å². The van der Waals surface area contributed by atoms with Crippen molar-refractivity contribution in [1.82, 2.24) is 16.0 Å². The molecule has 0 radical (unpaired) electrons. The number of rotatable bonds is 17. The molecule has 1 aliphatic rings. The van der Waals surface area contributed by atoms with E-state index in [2.05, 4.69) is 22.9 Å². The molecule has 1 unspecified atom stereocenters. The van der Waals surface area contributed by atoms with E-state index >= 15 is 0 Å². The van der Waals surface area contributed by atoms with Gasteiger partial charge in [0.25, 0.3) is 0 Å². The third-order valence-electron chi connectivity index (χ3n) is 6.39. The van der Waals surface area contributed by atoms with E-state index in [1.165, 1.54) is 0 Å². The Kier molecular flexibility index (Phi) is 12.8. The molecule has 3 amide bonds. The van der Waals surface area contributed by atoms with Gasteiger partial charge in [-0.3, -0.25) is 19.2 Å². The van der Waals surface area contributed by atoms with Crippen LogP contribution in [0.2, 0.25) is 0 Å². The van der Waals surface area contributed by atoms with Crippen LogP contribution in [0.25, 0.3) is 0 Å². The predicted octanol–water partition coefficient (Wildman–Crippen LogP) is 3.27. The summed E-state index contributed by atoms with van der Waals surface area (Å²) in [7, 11) is 0. The molecule has 5 atom stereocenters. The number of hydrogen-bond acceptors (Lipinski definition) is 5. The zero-order chi connectivity index (χ0) is 25.9. The number of amides is 3. The van der Waals surface area contributed by atoms with Crippen LogP contribution in [-0.4, -0.2) is 53.8 Å². The second kappa shape index (κ2) is 14.4. The van der Waals surface area contributed by atoms with Crippen molar-refractivity contribution in [3.8, 4) is 0 Å². The fourth-order valence-electron chi connectivity index (χ4n) is 4.07. The lowest BCUT2D eigenvalue weighted by Crippen LogP contribution is -2.56. The van der Waals surface area contributed by atoms with E-state index < -0.39 is 17.7 Å². The number of Topliss-reactive ketones (excluding diaryl/α,β-unsaturated/α-hetero) is 1. The number of hydrogen-bond donors (Lipinski definition) is 3. The summed E-state index contributed by atoms with van der Waals surface area (Å²) in [6.45, 7) is 13.8. The molecule has 8 nitrogen and oxygen atoms in total. The van der Waals surface area contributed by atoms with Gasteiger partial charge in [0.05, 0.1) is 6.61 Å². The minimum absolute atomic E-state index is 0.0545. The van der Waals surface area contributed by atoms with Gasteiger partial charge in [-0.05, 0) is 39.0 Å². The molecular formula is C26H47N3O5. The summed E-state index contributed by atoms with van der Waals surface area (Å²) in [5.41, 5.74) is -0.673. The molecule has 196 valence electrons. The lowest BCUT2D eigenvalue weighted by atomic mass is 9.91. The zero-order valence-corrected chi connectivity index (χ0v) is 22.3. The summed E-state index contributed by atoms with van der Waals surface area (Å²) in [5, 5.41) is 8.67. The third kappa shape index (κ3) is 10.1. The highest BCUT2D eigenvalue weighted by Gasteiger charge is 2.48. The van der Waals surface area contributed by atoms with E-state index in [1.54, 1.807) is 6.92 Å². The van der Waals surface area contributed by atoms with Gasteiger partial charge < -0.3 is 20.7 Å². The number of nitrogens with one attached hydrogen (secondary N) is 3. The van der Waals surface area contributed by atoms with Crippen LogP contribution in [0.1, 0.15) is 99.8 Å². The highest BCUT2D eigenvalue weighted by atomic mass is 16.6. The number of carbonyl (C=O) groups is 4. The maximum absolute atomic E-state index is 13.0. The Morgan fingerprint density at radius 2 is 1.50 bits per heavy atom. The van der Waals surface area contributed by atoms with Crippen LogP contribution in [0.3, 0.4) is 0 Å². The minimum atomic E-state index is -0.694. The Balaban J connectivity index is 2.71. The van der Waals surface area contributed by atoms with Gasteiger partial charge in [0, 0.05) is 18.4 Å². The van der Waals surface area contributed by atoms with Crippen molar-refractivity contribution in [2.45, 2.75) is 124 Å². The van der Waals surface area contributed by atoms with Crippen LogP contribution < -0.4 is 16.0 Å². The molecule has 0 aromatic rings. The van der Waals surface area contributed by atoms with Gasteiger partial charge in [0.1, 0.15) is 17.7 Å². The molecule has 1 saturated heterocycles. The van der Waals surface area contributed by atoms with Gasteiger partial charge >= 0.3 is 0 Å². The van der Waals surface area contributed by atoms with Crippen LogP contribution in [0.4, 0.5) is 0 Å². The van der Waals surface area contributed by atoms with Crippen molar-refractivity contribution in [3.05, 3.63) is 0 Å². The first kappa shape index (κ1) is 30.1. The van der Waals surface area contributed by atoms with E-state index in [-0.39, 0.29) is 41.4 Å². The van der Waals surface area contributed by atoms with Crippen LogP contribution in [0.15, 0.2) is 0 Å². The van der Waals surface area contributed by atoms with Crippen molar-refractivity contribution >= 4 is 23.5 Å². The number of ketones is 1. The largest absolute Gasteiger partial charge is 0.362 e. The molecule has 0 aliphatic carbocycles. The first-order valence-electron chi connectivity index (χ1n) is 13.0. The van der Waals surface area contributed by atoms with Crippen molar-refractivity contribution in [3.63, 3.8) is 0 Å². The average Bonchev–Trinajstić information content (AvgIpc) is 3.52. The van der Waals surface area contributed by atoms with E-state index in [9.17, 15) is 19.2 Å². The third-order valence-corrected chi connectivity index (χ3v) is 6.39. The molecule has 0 saturated carbocycles. The topological polar surface area (TPSA) is 117 Å². The summed E-state index contributed by atoms with van der Waals surface area (Å²) in [6.07, 6.45) is 5.86. The second-order valence-electron chi connectivity index (χ2n) is 10.4. The minimum Gasteiger partial charge on any atom is -0.362 e. The van der Waals surface area contributed by atoms with Crippen molar-refractivity contribution in [2.75, 3.05) is 6.61 Å². The molecular weight excluding hydrogens is 434 g/mol. The normalized spacial score (nSPS) is 20.7. The van der Waals surface area contributed by atoms with E-state index in [0.717, 1.165) is 32.1 Å². The summed E-state index contributed by atoms with van der Waals surface area (Å²) in [4.78, 5) is 50.8. The Bertz CT molecular complexity index is 690. The average molecular weight is 482 g/mol. The van der Waals surface area contributed by atoms with Gasteiger partial charge in [-0.1, -0.05) is 60.3 Å². The molecule has 0 aromatic heterocycles. The van der Waals surface area contributed by atoms with Gasteiger partial charge in [-0.25, -0.2) is 0 Å². The molecule has 34 heavy (non-hydrogen) atoms. The quantitative estimate of drug-likeness (QED) is 0.218. The number of unbranched alkanes of at least 4 members (excludes halogenated alkanes) is 3. The molecule has 0 aromatic carbocycles. The van der Waals surface area contributed by atoms with E-state index in [0.29, 0.717) is 25.9 Å².